The van der Waals surface area contributed by atoms with Gasteiger partial charge in [0.1, 0.15) is 11.6 Å². The minimum Gasteiger partial charge on any atom is -0.496 e. The van der Waals surface area contributed by atoms with Crippen LogP contribution in [-0.2, 0) is 17.8 Å². The molecule has 0 spiro atoms. The van der Waals surface area contributed by atoms with E-state index in [0.717, 1.165) is 11.1 Å². The zero-order valence-electron chi connectivity index (χ0n) is 14.0. The minimum atomic E-state index is -0.261. The molecule has 0 unspecified atom stereocenters. The van der Waals surface area contributed by atoms with Crippen LogP contribution in [0, 0.1) is 5.82 Å². The van der Waals surface area contributed by atoms with Gasteiger partial charge in [0.15, 0.2) is 0 Å². The van der Waals surface area contributed by atoms with E-state index in [1.807, 2.05) is 6.92 Å². The lowest BCUT2D eigenvalue weighted by molar-refractivity contribution is 0.0953. The largest absolute Gasteiger partial charge is 0.496 e. The van der Waals surface area contributed by atoms with Gasteiger partial charge in [-0.25, -0.2) is 4.39 Å². The number of hydrogen-bond acceptors (Lipinski definition) is 3. The average molecular weight is 331 g/mol. The van der Waals surface area contributed by atoms with Crippen LogP contribution in [0.2, 0.25) is 0 Å². The fourth-order valence-electron chi connectivity index (χ4n) is 2.32. The molecule has 0 aliphatic heterocycles. The van der Waals surface area contributed by atoms with Crippen molar-refractivity contribution in [3.63, 3.8) is 0 Å². The molecule has 2 rings (SSSR count). The number of nitrogens with one attached hydrogen (secondary N) is 1. The molecule has 0 fully saturated rings. The van der Waals surface area contributed by atoms with Crippen molar-refractivity contribution in [2.24, 2.45) is 0 Å². The quantitative estimate of drug-likeness (QED) is 0.807. The topological polar surface area (TPSA) is 47.6 Å². The summed E-state index contributed by atoms with van der Waals surface area (Å²) in [5.74, 6) is 0.284. The van der Waals surface area contributed by atoms with Crippen molar-refractivity contribution in [3.05, 3.63) is 65.0 Å². The van der Waals surface area contributed by atoms with Crippen molar-refractivity contribution in [2.45, 2.75) is 20.0 Å². The van der Waals surface area contributed by atoms with E-state index in [9.17, 15) is 9.18 Å². The Hall–Kier alpha value is -2.40. The van der Waals surface area contributed by atoms with E-state index in [2.05, 4.69) is 5.32 Å². The van der Waals surface area contributed by atoms with Gasteiger partial charge in [0.25, 0.3) is 5.91 Å². The highest BCUT2D eigenvalue weighted by Crippen LogP contribution is 2.21. The van der Waals surface area contributed by atoms with Gasteiger partial charge in [0, 0.05) is 24.3 Å². The van der Waals surface area contributed by atoms with Crippen LogP contribution in [0.3, 0.4) is 0 Å². The van der Waals surface area contributed by atoms with E-state index in [4.69, 9.17) is 9.47 Å². The van der Waals surface area contributed by atoms with Crippen LogP contribution in [0.1, 0.15) is 28.4 Å². The Labute approximate surface area is 141 Å². The van der Waals surface area contributed by atoms with Crippen molar-refractivity contribution in [2.75, 3.05) is 20.3 Å². The lowest BCUT2D eigenvalue weighted by atomic mass is 10.1. The number of rotatable bonds is 8. The van der Waals surface area contributed by atoms with E-state index in [0.29, 0.717) is 37.5 Å². The van der Waals surface area contributed by atoms with Crippen LogP contribution in [-0.4, -0.2) is 26.2 Å². The highest BCUT2D eigenvalue weighted by Gasteiger charge is 2.10. The summed E-state index contributed by atoms with van der Waals surface area (Å²) in [6, 6.07) is 11.5. The molecule has 0 saturated heterocycles. The Kier molecular flexibility index (Phi) is 6.75. The van der Waals surface area contributed by atoms with Gasteiger partial charge < -0.3 is 14.8 Å². The average Bonchev–Trinajstić information content (AvgIpc) is 2.61. The third kappa shape index (κ3) is 5.06. The molecule has 128 valence electrons. The van der Waals surface area contributed by atoms with E-state index in [1.54, 1.807) is 37.4 Å². The van der Waals surface area contributed by atoms with E-state index < -0.39 is 0 Å². The summed E-state index contributed by atoms with van der Waals surface area (Å²) in [6.07, 6.45) is 0.647. The Morgan fingerprint density at radius 2 is 1.92 bits per heavy atom. The molecule has 0 atom stereocenters. The summed E-state index contributed by atoms with van der Waals surface area (Å²) in [6.45, 7) is 3.39. The smallest absolute Gasteiger partial charge is 0.251 e. The summed E-state index contributed by atoms with van der Waals surface area (Å²) in [5, 5.41) is 2.87. The molecule has 0 saturated carbocycles. The number of carbonyl (C=O) groups is 1. The lowest BCUT2D eigenvalue weighted by Gasteiger charge is -2.11. The van der Waals surface area contributed by atoms with Gasteiger partial charge in [-0.1, -0.05) is 12.1 Å². The summed E-state index contributed by atoms with van der Waals surface area (Å²) in [7, 11) is 1.59. The van der Waals surface area contributed by atoms with E-state index in [1.165, 1.54) is 12.1 Å². The van der Waals surface area contributed by atoms with Gasteiger partial charge in [-0.2, -0.15) is 0 Å². The third-order valence-electron chi connectivity index (χ3n) is 3.62. The van der Waals surface area contributed by atoms with Crippen LogP contribution < -0.4 is 10.1 Å². The Balaban J connectivity index is 1.94. The highest BCUT2D eigenvalue weighted by atomic mass is 19.1. The molecular weight excluding hydrogens is 309 g/mol. The number of ether oxygens (including phenoxy) is 2. The summed E-state index contributed by atoms with van der Waals surface area (Å²) in [4.78, 5) is 12.3. The molecule has 0 aliphatic rings. The first-order chi connectivity index (χ1) is 11.6. The first-order valence-corrected chi connectivity index (χ1v) is 7.91. The van der Waals surface area contributed by atoms with Gasteiger partial charge in [-0.15, -0.1) is 0 Å². The van der Waals surface area contributed by atoms with Crippen molar-refractivity contribution in [1.82, 2.24) is 5.32 Å². The SMILES string of the molecule is CCOCc1cc(C(=O)NCCc2ccc(F)cc2)ccc1OC. The predicted octanol–water partition coefficient (Wildman–Crippen LogP) is 3.34. The molecule has 0 aromatic heterocycles. The van der Waals surface area contributed by atoms with Gasteiger partial charge in [-0.3, -0.25) is 4.79 Å². The van der Waals surface area contributed by atoms with Crippen LogP contribution in [0.15, 0.2) is 42.5 Å². The van der Waals surface area contributed by atoms with Crippen LogP contribution in [0.5, 0.6) is 5.75 Å². The van der Waals surface area contributed by atoms with Gasteiger partial charge in [0.05, 0.1) is 13.7 Å². The lowest BCUT2D eigenvalue weighted by Crippen LogP contribution is -2.25. The molecule has 0 radical (unpaired) electrons. The first kappa shape index (κ1) is 17.9. The fraction of sp³-hybridized carbons (Fsp3) is 0.316. The minimum absolute atomic E-state index is 0.155. The Morgan fingerprint density at radius 1 is 1.17 bits per heavy atom. The molecule has 1 amide bonds. The maximum absolute atomic E-state index is 12.9. The number of halogens is 1. The molecule has 0 heterocycles. The number of benzene rings is 2. The number of methoxy groups -OCH3 is 1. The van der Waals surface area contributed by atoms with Crippen LogP contribution in [0.4, 0.5) is 4.39 Å². The number of hydrogen-bond donors (Lipinski definition) is 1. The second-order valence-corrected chi connectivity index (χ2v) is 5.30. The van der Waals surface area contributed by atoms with Crippen molar-refractivity contribution < 1.29 is 18.7 Å². The Morgan fingerprint density at radius 3 is 2.58 bits per heavy atom. The predicted molar refractivity (Wildman–Crippen MR) is 90.8 cm³/mol. The van der Waals surface area contributed by atoms with Crippen molar-refractivity contribution in [1.29, 1.82) is 0 Å². The molecule has 2 aromatic rings. The summed E-state index contributed by atoms with van der Waals surface area (Å²) < 4.78 is 23.5. The Bertz CT molecular complexity index is 671. The van der Waals surface area contributed by atoms with Crippen LogP contribution in [0.25, 0.3) is 0 Å². The zero-order chi connectivity index (χ0) is 17.4. The standard InChI is InChI=1S/C19H22FNO3/c1-3-24-13-16-12-15(6-9-18(16)23-2)19(22)21-11-10-14-4-7-17(20)8-5-14/h4-9,12H,3,10-11,13H2,1-2H3,(H,21,22). The molecular formula is C19H22FNO3. The van der Waals surface area contributed by atoms with Crippen LogP contribution >= 0.6 is 0 Å². The first-order valence-electron chi connectivity index (χ1n) is 7.91. The molecule has 24 heavy (non-hydrogen) atoms. The maximum atomic E-state index is 12.9. The van der Waals surface area contributed by atoms with Gasteiger partial charge in [0.2, 0.25) is 0 Å². The number of amides is 1. The van der Waals surface area contributed by atoms with Gasteiger partial charge in [-0.05, 0) is 49.2 Å². The maximum Gasteiger partial charge on any atom is 0.251 e. The van der Waals surface area contributed by atoms with Gasteiger partial charge >= 0.3 is 0 Å². The third-order valence-corrected chi connectivity index (χ3v) is 3.62. The zero-order valence-corrected chi connectivity index (χ0v) is 14.0. The van der Waals surface area contributed by atoms with Crippen molar-refractivity contribution in [3.8, 4) is 5.75 Å². The molecule has 0 aliphatic carbocycles. The molecule has 4 nitrogen and oxygen atoms in total. The highest BCUT2D eigenvalue weighted by molar-refractivity contribution is 5.94. The summed E-state index contributed by atoms with van der Waals surface area (Å²) in [5.41, 5.74) is 2.37. The number of carbonyl (C=O) groups excluding carboxylic acids is 1. The molecule has 0 bridgehead atoms. The summed E-state index contributed by atoms with van der Waals surface area (Å²) >= 11 is 0. The monoisotopic (exact) mass is 331 g/mol. The second kappa shape index (κ2) is 9.03. The fourth-order valence-corrected chi connectivity index (χ4v) is 2.32. The second-order valence-electron chi connectivity index (χ2n) is 5.30. The molecule has 1 N–H and O–H groups in total. The van der Waals surface area contributed by atoms with E-state index >= 15 is 0 Å². The van der Waals surface area contributed by atoms with Crippen molar-refractivity contribution >= 4 is 5.91 Å². The molecule has 5 heteroatoms. The molecule has 2 aromatic carbocycles. The van der Waals surface area contributed by atoms with E-state index in [-0.39, 0.29) is 11.7 Å². The normalized spacial score (nSPS) is 10.5.